The van der Waals surface area contributed by atoms with E-state index in [1.807, 2.05) is 69.3 Å². The average Bonchev–Trinajstić information content (AvgIpc) is 3.10. The van der Waals surface area contributed by atoms with Gasteiger partial charge in [0.2, 0.25) is 0 Å². The monoisotopic (exact) mass is 351 g/mol. The normalized spacial score (nSPS) is 14.7. The first kappa shape index (κ1) is 16.5. The molecular weight excluding hydrogens is 330 g/mol. The van der Waals surface area contributed by atoms with Crippen LogP contribution >= 0.6 is 0 Å². The zero-order valence-corrected chi connectivity index (χ0v) is 15.1. The summed E-state index contributed by atoms with van der Waals surface area (Å²) in [5, 5.41) is 0. The molecule has 0 unspecified atom stereocenters. The van der Waals surface area contributed by atoms with Gasteiger partial charge in [0.1, 0.15) is 17.0 Å². The first-order chi connectivity index (χ1) is 12.5. The fraction of sp³-hybridized carbons (Fsp3) is 0.286. The summed E-state index contributed by atoms with van der Waals surface area (Å²) in [5.74, 6) is 0.452. The molecule has 26 heavy (non-hydrogen) atoms. The van der Waals surface area contributed by atoms with Crippen molar-refractivity contribution in [2.45, 2.75) is 32.8 Å². The molecule has 0 spiro atoms. The third-order valence-electron chi connectivity index (χ3n) is 4.41. The fourth-order valence-corrected chi connectivity index (χ4v) is 3.42. The lowest BCUT2D eigenvalue weighted by Crippen LogP contribution is -2.25. The second kappa shape index (κ2) is 6.09. The zero-order valence-electron chi connectivity index (χ0n) is 15.1. The van der Waals surface area contributed by atoms with E-state index in [1.165, 1.54) is 0 Å². The highest BCUT2D eigenvalue weighted by atomic mass is 16.6. The molecule has 0 aliphatic carbocycles. The largest absolute Gasteiger partial charge is 0.485 e. The number of benzene rings is 2. The number of hydrogen-bond acceptors (Lipinski definition) is 4. The van der Waals surface area contributed by atoms with Gasteiger partial charge < -0.3 is 13.9 Å². The third-order valence-corrected chi connectivity index (χ3v) is 4.41. The number of oxazole rings is 1. The Balaban J connectivity index is 1.98. The summed E-state index contributed by atoms with van der Waals surface area (Å²) in [6.45, 7) is 6.35. The van der Waals surface area contributed by atoms with E-state index in [0.717, 1.165) is 23.3 Å². The van der Waals surface area contributed by atoms with Crippen molar-refractivity contribution in [1.29, 1.82) is 0 Å². The summed E-state index contributed by atoms with van der Waals surface area (Å²) in [4.78, 5) is 12.7. The Kier molecular flexibility index (Phi) is 3.87. The molecule has 1 aliphatic rings. The lowest BCUT2D eigenvalue weighted by molar-refractivity contribution is 0.138. The molecule has 2 heterocycles. The molecule has 4 rings (SSSR count). The van der Waals surface area contributed by atoms with Crippen LogP contribution < -0.4 is 15.2 Å². The van der Waals surface area contributed by atoms with Crippen LogP contribution in [0, 0.1) is 0 Å². The van der Waals surface area contributed by atoms with E-state index in [2.05, 4.69) is 0 Å². The van der Waals surface area contributed by atoms with Gasteiger partial charge in [-0.2, -0.15) is 0 Å². The SMILES string of the molecule is CCOc1oc(=O)n(-c2cccc3c2OC(C)(C)C3)c1-c1ccccc1. The van der Waals surface area contributed by atoms with Crippen LogP contribution in [0.4, 0.5) is 0 Å². The minimum absolute atomic E-state index is 0.221. The van der Waals surface area contributed by atoms with E-state index < -0.39 is 5.76 Å². The van der Waals surface area contributed by atoms with Gasteiger partial charge in [-0.1, -0.05) is 42.5 Å². The molecule has 0 radical (unpaired) electrons. The maximum atomic E-state index is 12.7. The number of rotatable bonds is 4. The standard InChI is InChI=1S/C21H21NO4/c1-4-24-19-17(14-9-6-5-7-10-14)22(20(23)25-19)16-12-8-11-15-13-21(2,3)26-18(15)16/h5-12H,4,13H2,1-3H3. The van der Waals surface area contributed by atoms with E-state index in [4.69, 9.17) is 13.9 Å². The number of hydrogen-bond donors (Lipinski definition) is 0. The lowest BCUT2D eigenvalue weighted by atomic mass is 10.0. The highest BCUT2D eigenvalue weighted by Gasteiger charge is 2.34. The van der Waals surface area contributed by atoms with Crippen LogP contribution in [0.1, 0.15) is 26.3 Å². The number of nitrogens with zero attached hydrogens (tertiary/aromatic N) is 1. The summed E-state index contributed by atoms with van der Waals surface area (Å²) >= 11 is 0. The van der Waals surface area contributed by atoms with Crippen LogP contribution in [-0.4, -0.2) is 16.8 Å². The molecule has 3 aromatic rings. The van der Waals surface area contributed by atoms with Gasteiger partial charge in [0.05, 0.1) is 12.3 Å². The Morgan fingerprint density at radius 1 is 1.12 bits per heavy atom. The van der Waals surface area contributed by atoms with Crippen molar-refractivity contribution in [3.05, 3.63) is 64.6 Å². The van der Waals surface area contributed by atoms with Crippen molar-refractivity contribution < 1.29 is 13.9 Å². The minimum atomic E-state index is -0.492. The van der Waals surface area contributed by atoms with E-state index in [1.54, 1.807) is 4.57 Å². The molecule has 0 atom stereocenters. The number of ether oxygens (including phenoxy) is 2. The molecule has 0 N–H and O–H groups in total. The Labute approximate surface area is 151 Å². The molecule has 0 saturated carbocycles. The first-order valence-corrected chi connectivity index (χ1v) is 8.75. The molecule has 5 heteroatoms. The lowest BCUT2D eigenvalue weighted by Gasteiger charge is -2.18. The van der Waals surface area contributed by atoms with E-state index in [0.29, 0.717) is 18.0 Å². The number of para-hydroxylation sites is 1. The van der Waals surface area contributed by atoms with Gasteiger partial charge in [0, 0.05) is 17.5 Å². The molecule has 5 nitrogen and oxygen atoms in total. The molecule has 134 valence electrons. The van der Waals surface area contributed by atoms with Crippen LogP contribution in [0.2, 0.25) is 0 Å². The van der Waals surface area contributed by atoms with Gasteiger partial charge in [-0.05, 0) is 26.8 Å². The summed E-state index contributed by atoms with van der Waals surface area (Å²) in [6.07, 6.45) is 0.793. The van der Waals surface area contributed by atoms with E-state index in [9.17, 15) is 4.79 Å². The summed E-state index contributed by atoms with van der Waals surface area (Å²) in [7, 11) is 0. The number of fused-ring (bicyclic) bond motifs is 1. The highest BCUT2D eigenvalue weighted by molar-refractivity contribution is 5.69. The van der Waals surface area contributed by atoms with Crippen molar-refractivity contribution in [3.63, 3.8) is 0 Å². The van der Waals surface area contributed by atoms with Crippen molar-refractivity contribution in [3.8, 4) is 28.6 Å². The van der Waals surface area contributed by atoms with Gasteiger partial charge in [0.25, 0.3) is 0 Å². The van der Waals surface area contributed by atoms with Crippen molar-refractivity contribution >= 4 is 0 Å². The predicted molar refractivity (Wildman–Crippen MR) is 99.3 cm³/mol. The maximum absolute atomic E-state index is 12.7. The molecule has 2 aromatic carbocycles. The highest BCUT2D eigenvalue weighted by Crippen LogP contribution is 2.41. The summed E-state index contributed by atoms with van der Waals surface area (Å²) in [5.41, 5.74) is 2.89. The predicted octanol–water partition coefficient (Wildman–Crippen LogP) is 4.21. The van der Waals surface area contributed by atoms with Crippen molar-refractivity contribution in [2.75, 3.05) is 6.61 Å². The molecule has 1 aromatic heterocycles. The Bertz CT molecular complexity index is 999. The maximum Gasteiger partial charge on any atom is 0.427 e. The first-order valence-electron chi connectivity index (χ1n) is 8.75. The second-order valence-electron chi connectivity index (χ2n) is 6.94. The molecule has 1 aliphatic heterocycles. The van der Waals surface area contributed by atoms with Gasteiger partial charge in [-0.15, -0.1) is 0 Å². The molecule has 0 amide bonds. The van der Waals surface area contributed by atoms with Crippen molar-refractivity contribution in [1.82, 2.24) is 4.57 Å². The van der Waals surface area contributed by atoms with E-state index in [-0.39, 0.29) is 11.5 Å². The summed E-state index contributed by atoms with van der Waals surface area (Å²) < 4.78 is 18.7. The topological polar surface area (TPSA) is 53.6 Å². The Hall–Kier alpha value is -2.95. The van der Waals surface area contributed by atoms with Crippen LogP contribution in [0.25, 0.3) is 16.9 Å². The number of aromatic nitrogens is 1. The third kappa shape index (κ3) is 2.69. The van der Waals surface area contributed by atoms with Crippen LogP contribution in [0.5, 0.6) is 11.7 Å². The smallest absolute Gasteiger partial charge is 0.427 e. The van der Waals surface area contributed by atoms with Crippen LogP contribution in [0.15, 0.2) is 57.7 Å². The van der Waals surface area contributed by atoms with Crippen LogP contribution in [0.3, 0.4) is 0 Å². The average molecular weight is 351 g/mol. The van der Waals surface area contributed by atoms with E-state index >= 15 is 0 Å². The molecular formula is C21H21NO4. The van der Waals surface area contributed by atoms with Crippen molar-refractivity contribution in [2.24, 2.45) is 0 Å². The molecule has 0 bridgehead atoms. The van der Waals surface area contributed by atoms with Gasteiger partial charge in [-0.3, -0.25) is 0 Å². The van der Waals surface area contributed by atoms with Gasteiger partial charge in [0.15, 0.2) is 0 Å². The van der Waals surface area contributed by atoms with Crippen LogP contribution in [-0.2, 0) is 6.42 Å². The summed E-state index contributed by atoms with van der Waals surface area (Å²) in [6, 6.07) is 15.5. The second-order valence-corrected chi connectivity index (χ2v) is 6.94. The fourth-order valence-electron chi connectivity index (χ4n) is 3.42. The Morgan fingerprint density at radius 3 is 2.62 bits per heavy atom. The van der Waals surface area contributed by atoms with Gasteiger partial charge in [-0.25, -0.2) is 9.36 Å². The minimum Gasteiger partial charge on any atom is -0.485 e. The Morgan fingerprint density at radius 2 is 1.88 bits per heavy atom. The quantitative estimate of drug-likeness (QED) is 0.706. The molecule has 0 fully saturated rings. The molecule has 0 saturated heterocycles. The zero-order chi connectivity index (χ0) is 18.3. The van der Waals surface area contributed by atoms with Gasteiger partial charge >= 0.3 is 11.7 Å².